The second-order valence-corrected chi connectivity index (χ2v) is 7.94. The zero-order chi connectivity index (χ0) is 17.6. The highest BCUT2D eigenvalue weighted by molar-refractivity contribution is 7.55. The minimum atomic E-state index is -4.96. The standard InChI is InChI=1S/C20H27O3P/c1-3-5-12-17(4-2)20(24(21,22)23,18-13-8-6-9-14-18)19-15-10-7-11-16-19/h6-11,13-17H,3-5,12H2,1-2H3,(H2,21,22,23)/p-2. The van der Waals surface area contributed by atoms with Crippen molar-refractivity contribution in [2.24, 2.45) is 5.92 Å². The normalized spacial score (nSPS) is 13.7. The van der Waals surface area contributed by atoms with Gasteiger partial charge in [0, 0.05) is 5.92 Å². The molecule has 2 aromatic rings. The Morgan fingerprint density at radius 2 is 1.29 bits per heavy atom. The highest BCUT2D eigenvalue weighted by Gasteiger charge is 2.47. The van der Waals surface area contributed by atoms with E-state index in [0.717, 1.165) is 12.8 Å². The number of rotatable bonds is 8. The van der Waals surface area contributed by atoms with E-state index in [2.05, 4.69) is 6.92 Å². The lowest BCUT2D eigenvalue weighted by Crippen LogP contribution is -2.53. The molecule has 0 spiro atoms. The summed E-state index contributed by atoms with van der Waals surface area (Å²) in [4.78, 5) is 38.1. The van der Waals surface area contributed by atoms with Gasteiger partial charge in [-0.2, -0.15) is 0 Å². The van der Waals surface area contributed by atoms with Crippen LogP contribution in [0.4, 0.5) is 0 Å². The summed E-state index contributed by atoms with van der Waals surface area (Å²) in [5.41, 5.74) is 1.15. The first-order valence-electron chi connectivity index (χ1n) is 8.61. The van der Waals surface area contributed by atoms with Crippen molar-refractivity contribution in [1.82, 2.24) is 0 Å². The Bertz CT molecular complexity index is 568. The summed E-state index contributed by atoms with van der Waals surface area (Å²) < 4.78 is 0. The molecule has 24 heavy (non-hydrogen) atoms. The van der Waals surface area contributed by atoms with Crippen LogP contribution in [0.5, 0.6) is 0 Å². The fourth-order valence-corrected chi connectivity index (χ4v) is 5.41. The predicted molar refractivity (Wildman–Crippen MR) is 93.9 cm³/mol. The van der Waals surface area contributed by atoms with Crippen molar-refractivity contribution < 1.29 is 14.7 Å². The van der Waals surface area contributed by atoms with Crippen LogP contribution in [0.2, 0.25) is 0 Å². The molecule has 1 unspecified atom stereocenters. The van der Waals surface area contributed by atoms with Crippen LogP contribution in [0.15, 0.2) is 60.7 Å². The van der Waals surface area contributed by atoms with Crippen LogP contribution in [-0.2, 0) is 5.16 Å². The summed E-state index contributed by atoms with van der Waals surface area (Å²) in [5.74, 6) is -0.247. The van der Waals surface area contributed by atoms with Crippen LogP contribution in [0.1, 0.15) is 50.7 Å². The smallest absolute Gasteiger partial charge is 0.115 e. The zero-order valence-corrected chi connectivity index (χ0v) is 15.2. The molecule has 3 nitrogen and oxygen atoms in total. The van der Waals surface area contributed by atoms with Gasteiger partial charge in [-0.3, -0.25) is 0 Å². The van der Waals surface area contributed by atoms with Crippen LogP contribution in [-0.4, -0.2) is 0 Å². The average molecular weight is 344 g/mol. The van der Waals surface area contributed by atoms with Gasteiger partial charge in [0.15, 0.2) is 0 Å². The Balaban J connectivity index is 2.74. The summed E-state index contributed by atoms with van der Waals surface area (Å²) in [6, 6.07) is 18.0. The van der Waals surface area contributed by atoms with Crippen molar-refractivity contribution in [2.75, 3.05) is 0 Å². The average Bonchev–Trinajstić information content (AvgIpc) is 2.59. The summed E-state index contributed by atoms with van der Waals surface area (Å²) in [6.07, 6.45) is 3.22. The van der Waals surface area contributed by atoms with E-state index in [0.29, 0.717) is 24.0 Å². The van der Waals surface area contributed by atoms with Crippen molar-refractivity contribution in [2.45, 2.75) is 44.7 Å². The molecule has 0 amide bonds. The predicted octanol–water partition coefficient (Wildman–Crippen LogP) is 2.99. The van der Waals surface area contributed by atoms with E-state index in [-0.39, 0.29) is 5.92 Å². The van der Waals surface area contributed by atoms with Gasteiger partial charge in [-0.25, -0.2) is 0 Å². The third-order valence-corrected chi connectivity index (χ3v) is 6.60. The van der Waals surface area contributed by atoms with Gasteiger partial charge in [0.05, 0.1) is 0 Å². The molecule has 0 radical (unpaired) electrons. The summed E-state index contributed by atoms with van der Waals surface area (Å²) in [6.45, 7) is 4.05. The highest BCUT2D eigenvalue weighted by Crippen LogP contribution is 2.63. The number of benzene rings is 2. The molecule has 0 aliphatic carbocycles. The maximum Gasteiger partial charge on any atom is 0.115 e. The van der Waals surface area contributed by atoms with E-state index in [1.165, 1.54) is 0 Å². The van der Waals surface area contributed by atoms with Gasteiger partial charge < -0.3 is 14.7 Å². The molecule has 0 aliphatic heterocycles. The summed E-state index contributed by atoms with van der Waals surface area (Å²) in [5, 5.41) is -1.51. The maximum atomic E-state index is 12.7. The molecule has 0 aliphatic rings. The van der Waals surface area contributed by atoms with Crippen LogP contribution >= 0.6 is 7.94 Å². The lowest BCUT2D eigenvalue weighted by molar-refractivity contribution is -0.436. The second-order valence-electron chi connectivity index (χ2n) is 6.24. The molecular weight excluding hydrogens is 319 g/mol. The summed E-state index contributed by atoms with van der Waals surface area (Å²) >= 11 is 0. The minimum Gasteiger partial charge on any atom is -0.687 e. The van der Waals surface area contributed by atoms with E-state index in [1.807, 2.05) is 19.1 Å². The number of unbranched alkanes of at least 4 members (excludes halogenated alkanes) is 1. The first kappa shape index (κ1) is 19.1. The van der Waals surface area contributed by atoms with Gasteiger partial charge in [0.25, 0.3) is 0 Å². The van der Waals surface area contributed by atoms with Gasteiger partial charge in [-0.15, -0.1) is 7.94 Å². The molecule has 0 N–H and O–H groups in total. The van der Waals surface area contributed by atoms with E-state index in [9.17, 15) is 14.7 Å². The molecule has 1 atom stereocenters. The Labute approximate surface area is 145 Å². The van der Waals surface area contributed by atoms with Crippen molar-refractivity contribution in [1.29, 1.82) is 0 Å². The lowest BCUT2D eigenvalue weighted by atomic mass is 9.76. The molecule has 2 aromatic carbocycles. The quantitative estimate of drug-likeness (QED) is 0.691. The SMILES string of the molecule is CCCCC(CC)C(c1ccccc1)(c1ccccc1)[P+]([O-])([O-])[O-]. The lowest BCUT2D eigenvalue weighted by Gasteiger charge is -2.60. The van der Waals surface area contributed by atoms with Crippen molar-refractivity contribution >= 4 is 7.94 Å². The van der Waals surface area contributed by atoms with Crippen LogP contribution in [0.3, 0.4) is 0 Å². The first-order chi connectivity index (χ1) is 11.5. The van der Waals surface area contributed by atoms with Crippen LogP contribution < -0.4 is 14.7 Å². The topological polar surface area (TPSA) is 69.2 Å². The Kier molecular flexibility index (Phi) is 6.54. The Morgan fingerprint density at radius 3 is 1.62 bits per heavy atom. The molecule has 2 rings (SSSR count). The van der Waals surface area contributed by atoms with Gasteiger partial charge in [-0.05, 0) is 24.0 Å². The van der Waals surface area contributed by atoms with Crippen LogP contribution in [0, 0.1) is 5.92 Å². The first-order valence-corrected chi connectivity index (χ1v) is 10.2. The molecule has 4 heteroatoms. The molecule has 0 saturated carbocycles. The highest BCUT2D eigenvalue weighted by atomic mass is 31.2. The zero-order valence-electron chi connectivity index (χ0n) is 14.4. The van der Waals surface area contributed by atoms with Gasteiger partial charge in [0.1, 0.15) is 5.16 Å². The van der Waals surface area contributed by atoms with E-state index < -0.39 is 13.1 Å². The molecule has 0 heterocycles. The minimum absolute atomic E-state index is 0.247. The van der Waals surface area contributed by atoms with Crippen molar-refractivity contribution in [3.8, 4) is 0 Å². The van der Waals surface area contributed by atoms with Gasteiger partial charge in [-0.1, -0.05) is 87.4 Å². The van der Waals surface area contributed by atoms with Crippen molar-refractivity contribution in [3.63, 3.8) is 0 Å². The maximum absolute atomic E-state index is 12.7. The van der Waals surface area contributed by atoms with E-state index in [4.69, 9.17) is 0 Å². The Hall–Kier alpha value is -1.25. The van der Waals surface area contributed by atoms with Gasteiger partial charge in [0.2, 0.25) is 0 Å². The third-order valence-electron chi connectivity index (χ3n) is 4.85. The number of hydrogen-bond acceptors (Lipinski definition) is 3. The molecular formula is C20H25O3P-2. The molecule has 0 aromatic heterocycles. The molecule has 0 saturated heterocycles. The summed E-state index contributed by atoms with van der Waals surface area (Å²) in [7, 11) is -4.96. The van der Waals surface area contributed by atoms with Crippen LogP contribution in [0.25, 0.3) is 0 Å². The third kappa shape index (κ3) is 3.55. The van der Waals surface area contributed by atoms with Crippen molar-refractivity contribution in [3.05, 3.63) is 71.8 Å². The molecule has 0 bridgehead atoms. The Morgan fingerprint density at radius 1 is 0.833 bits per heavy atom. The fourth-order valence-electron chi connectivity index (χ4n) is 3.72. The fraction of sp³-hybridized carbons (Fsp3) is 0.400. The van der Waals surface area contributed by atoms with Gasteiger partial charge >= 0.3 is 0 Å². The largest absolute Gasteiger partial charge is 0.687 e. The second kappa shape index (κ2) is 8.22. The van der Waals surface area contributed by atoms with E-state index in [1.54, 1.807) is 48.5 Å². The molecule has 0 fully saturated rings. The monoisotopic (exact) mass is 344 g/mol. The van der Waals surface area contributed by atoms with E-state index >= 15 is 0 Å². The molecule has 130 valence electrons. The number of hydrogen-bond donors (Lipinski definition) is 0.